The third kappa shape index (κ3) is 3.10. The minimum Gasteiger partial charge on any atom is -0.477 e. The summed E-state index contributed by atoms with van der Waals surface area (Å²) in [6.07, 6.45) is 3.12. The average molecular weight is 249 g/mol. The van der Waals surface area contributed by atoms with Crippen LogP contribution in [0, 0.1) is 0 Å². The molecule has 0 aliphatic carbocycles. The highest BCUT2D eigenvalue weighted by Gasteiger charge is 2.10. The Labute approximate surface area is 103 Å². The van der Waals surface area contributed by atoms with Gasteiger partial charge in [0, 0.05) is 11.9 Å². The van der Waals surface area contributed by atoms with Crippen molar-refractivity contribution in [2.24, 2.45) is 0 Å². The summed E-state index contributed by atoms with van der Waals surface area (Å²) in [4.78, 5) is 14.8. The smallest absolute Gasteiger partial charge is 0.354 e. The highest BCUT2D eigenvalue weighted by Crippen LogP contribution is 2.19. The number of carboxylic acid groups (broad SMARTS) is 1. The number of rotatable bonds is 5. The minimum absolute atomic E-state index is 0.124. The molecule has 2 aromatic heterocycles. The largest absolute Gasteiger partial charge is 0.477 e. The second-order valence-corrected chi connectivity index (χ2v) is 4.37. The van der Waals surface area contributed by atoms with Crippen LogP contribution in [-0.4, -0.2) is 16.1 Å². The van der Waals surface area contributed by atoms with E-state index in [1.54, 1.807) is 30.2 Å². The van der Waals surface area contributed by atoms with Crippen molar-refractivity contribution in [1.29, 1.82) is 0 Å². The van der Waals surface area contributed by atoms with Crippen LogP contribution in [0.25, 0.3) is 0 Å². The average Bonchev–Trinajstić information content (AvgIpc) is 2.82. The van der Waals surface area contributed by atoms with Crippen molar-refractivity contribution in [3.05, 3.63) is 53.7 Å². The van der Waals surface area contributed by atoms with Crippen LogP contribution in [0.2, 0.25) is 0 Å². The number of aromatic carboxylic acids is 1. The van der Waals surface area contributed by atoms with Gasteiger partial charge in [0.05, 0.1) is 12.0 Å². The Morgan fingerprint density at radius 3 is 2.94 bits per heavy atom. The van der Waals surface area contributed by atoms with Crippen LogP contribution in [0.5, 0.6) is 0 Å². The molecular weight excluding hydrogens is 238 g/mol. The van der Waals surface area contributed by atoms with E-state index in [4.69, 9.17) is 9.52 Å². The lowest BCUT2D eigenvalue weighted by Gasteiger charge is -2.03. The monoisotopic (exact) mass is 249 g/mol. The molecule has 2 rings (SSSR count). The molecule has 0 saturated carbocycles. The molecular formula is C12H11NO3S. The van der Waals surface area contributed by atoms with Crippen LogP contribution in [0.4, 0.5) is 0 Å². The van der Waals surface area contributed by atoms with Crippen LogP contribution < -0.4 is 0 Å². The maximum atomic E-state index is 10.9. The Hall–Kier alpha value is -1.75. The number of hydrogen-bond donors (Lipinski definition) is 1. The lowest BCUT2D eigenvalue weighted by atomic mass is 10.2. The Kier molecular flexibility index (Phi) is 3.82. The molecule has 0 amide bonds. The van der Waals surface area contributed by atoms with Crippen molar-refractivity contribution < 1.29 is 14.3 Å². The molecule has 4 nitrogen and oxygen atoms in total. The first kappa shape index (κ1) is 11.7. The predicted molar refractivity (Wildman–Crippen MR) is 64.9 cm³/mol. The van der Waals surface area contributed by atoms with Crippen molar-refractivity contribution in [3.63, 3.8) is 0 Å². The van der Waals surface area contributed by atoms with E-state index in [2.05, 4.69) is 4.98 Å². The molecule has 88 valence electrons. The van der Waals surface area contributed by atoms with Crippen LogP contribution in [0.15, 0.2) is 41.1 Å². The van der Waals surface area contributed by atoms with Crippen molar-refractivity contribution >= 4 is 17.7 Å². The number of nitrogens with zero attached hydrogens (tertiary/aromatic N) is 1. The second-order valence-electron chi connectivity index (χ2n) is 3.39. The topological polar surface area (TPSA) is 63.3 Å². The Bertz CT molecular complexity index is 496. The molecule has 0 aliphatic rings. The van der Waals surface area contributed by atoms with Crippen LogP contribution >= 0.6 is 11.8 Å². The van der Waals surface area contributed by atoms with Gasteiger partial charge in [-0.3, -0.25) is 0 Å². The minimum atomic E-state index is -0.987. The normalized spacial score (nSPS) is 10.4. The van der Waals surface area contributed by atoms with Gasteiger partial charge >= 0.3 is 5.97 Å². The summed E-state index contributed by atoms with van der Waals surface area (Å²) in [5.41, 5.74) is 0.857. The van der Waals surface area contributed by atoms with E-state index < -0.39 is 5.97 Å². The number of furan rings is 1. The molecule has 2 heterocycles. The maximum absolute atomic E-state index is 10.9. The van der Waals surface area contributed by atoms with E-state index in [0.717, 1.165) is 17.1 Å². The van der Waals surface area contributed by atoms with Crippen molar-refractivity contribution in [3.8, 4) is 0 Å². The van der Waals surface area contributed by atoms with Crippen molar-refractivity contribution in [1.82, 2.24) is 4.98 Å². The van der Waals surface area contributed by atoms with Gasteiger partial charge in [0.1, 0.15) is 5.76 Å². The lowest BCUT2D eigenvalue weighted by molar-refractivity contribution is 0.0689. The van der Waals surface area contributed by atoms with E-state index in [-0.39, 0.29) is 5.69 Å². The summed E-state index contributed by atoms with van der Waals surface area (Å²) in [6, 6.07) is 7.26. The van der Waals surface area contributed by atoms with E-state index >= 15 is 0 Å². The molecule has 0 fully saturated rings. The van der Waals surface area contributed by atoms with Gasteiger partial charge < -0.3 is 9.52 Å². The number of hydrogen-bond acceptors (Lipinski definition) is 4. The summed E-state index contributed by atoms with van der Waals surface area (Å²) in [7, 11) is 0. The van der Waals surface area contributed by atoms with Gasteiger partial charge in [-0.25, -0.2) is 9.78 Å². The van der Waals surface area contributed by atoms with E-state index in [0.29, 0.717) is 5.75 Å². The van der Waals surface area contributed by atoms with Crippen molar-refractivity contribution in [2.45, 2.75) is 11.5 Å². The quantitative estimate of drug-likeness (QED) is 0.882. The van der Waals surface area contributed by atoms with Crippen LogP contribution in [-0.2, 0) is 11.5 Å². The Morgan fingerprint density at radius 2 is 2.24 bits per heavy atom. The molecule has 5 heteroatoms. The van der Waals surface area contributed by atoms with Gasteiger partial charge in [0.25, 0.3) is 0 Å². The lowest BCUT2D eigenvalue weighted by Crippen LogP contribution is -2.04. The van der Waals surface area contributed by atoms with E-state index in [1.807, 2.05) is 12.1 Å². The van der Waals surface area contributed by atoms with Crippen LogP contribution in [0.1, 0.15) is 21.8 Å². The summed E-state index contributed by atoms with van der Waals surface area (Å²) in [5.74, 6) is 1.23. The number of thioether (sulfide) groups is 1. The van der Waals surface area contributed by atoms with E-state index in [9.17, 15) is 4.79 Å². The molecule has 2 aromatic rings. The fourth-order valence-corrected chi connectivity index (χ4v) is 2.32. The van der Waals surface area contributed by atoms with Gasteiger partial charge in [0.15, 0.2) is 5.69 Å². The number of carboxylic acids is 1. The molecule has 0 aromatic carbocycles. The van der Waals surface area contributed by atoms with Crippen LogP contribution in [0.3, 0.4) is 0 Å². The highest BCUT2D eigenvalue weighted by molar-refractivity contribution is 7.97. The fourth-order valence-electron chi connectivity index (χ4n) is 1.40. The number of pyridine rings is 1. The first-order chi connectivity index (χ1) is 8.27. The van der Waals surface area contributed by atoms with E-state index in [1.165, 1.54) is 6.20 Å². The molecule has 17 heavy (non-hydrogen) atoms. The summed E-state index contributed by atoms with van der Waals surface area (Å²) < 4.78 is 5.20. The SMILES string of the molecule is O=C(O)c1ncccc1CSCc1ccco1. The zero-order chi connectivity index (χ0) is 12.1. The second kappa shape index (κ2) is 5.54. The van der Waals surface area contributed by atoms with Gasteiger partial charge in [-0.1, -0.05) is 6.07 Å². The fraction of sp³-hybridized carbons (Fsp3) is 0.167. The molecule has 0 aliphatic heterocycles. The molecule has 0 unspecified atom stereocenters. The first-order valence-corrected chi connectivity index (χ1v) is 6.20. The Balaban J connectivity index is 1.97. The number of aromatic nitrogens is 1. The zero-order valence-electron chi connectivity index (χ0n) is 9.00. The maximum Gasteiger partial charge on any atom is 0.354 e. The van der Waals surface area contributed by atoms with Gasteiger partial charge in [0.2, 0.25) is 0 Å². The van der Waals surface area contributed by atoms with Gasteiger partial charge in [-0.2, -0.15) is 0 Å². The first-order valence-electron chi connectivity index (χ1n) is 5.04. The molecule has 0 spiro atoms. The van der Waals surface area contributed by atoms with Gasteiger partial charge in [-0.15, -0.1) is 11.8 Å². The standard InChI is InChI=1S/C12H11NO3S/c14-12(15)11-9(3-1-5-13-11)7-17-8-10-4-2-6-16-10/h1-6H,7-8H2,(H,14,15). The molecule has 0 bridgehead atoms. The molecule has 0 atom stereocenters. The molecule has 1 N–H and O–H groups in total. The summed E-state index contributed by atoms with van der Waals surface area (Å²) in [6.45, 7) is 0. The molecule has 0 radical (unpaired) electrons. The third-order valence-electron chi connectivity index (χ3n) is 2.18. The Morgan fingerprint density at radius 1 is 1.35 bits per heavy atom. The predicted octanol–water partition coefficient (Wildman–Crippen LogP) is 2.81. The van der Waals surface area contributed by atoms with Crippen molar-refractivity contribution in [2.75, 3.05) is 0 Å². The van der Waals surface area contributed by atoms with Gasteiger partial charge in [-0.05, 0) is 23.8 Å². The highest BCUT2D eigenvalue weighted by atomic mass is 32.2. The number of carbonyl (C=O) groups is 1. The zero-order valence-corrected chi connectivity index (χ0v) is 9.81. The summed E-state index contributed by atoms with van der Waals surface area (Å²) in [5, 5.41) is 8.96. The molecule has 0 saturated heterocycles. The third-order valence-corrected chi connectivity index (χ3v) is 3.18. The summed E-state index contributed by atoms with van der Waals surface area (Å²) >= 11 is 1.60.